The van der Waals surface area contributed by atoms with Gasteiger partial charge in [-0.05, 0) is 32.2 Å². The molecule has 1 fully saturated rings. The topological polar surface area (TPSA) is 98.7 Å². The maximum Gasteiger partial charge on any atom is 0.321 e. The van der Waals surface area contributed by atoms with Crippen molar-refractivity contribution < 1.29 is 19.5 Å². The highest BCUT2D eigenvalue weighted by Crippen LogP contribution is 2.18. The van der Waals surface area contributed by atoms with Crippen molar-refractivity contribution in [2.75, 3.05) is 19.6 Å². The van der Waals surface area contributed by atoms with E-state index in [0.717, 1.165) is 6.42 Å². The lowest BCUT2D eigenvalue weighted by molar-refractivity contribution is -0.144. The van der Waals surface area contributed by atoms with Crippen LogP contribution in [0.3, 0.4) is 0 Å². The van der Waals surface area contributed by atoms with Crippen LogP contribution >= 0.6 is 0 Å². The first-order chi connectivity index (χ1) is 9.81. The van der Waals surface area contributed by atoms with Crippen LogP contribution < -0.4 is 10.6 Å². The van der Waals surface area contributed by atoms with Gasteiger partial charge in [0.1, 0.15) is 0 Å². The van der Waals surface area contributed by atoms with Crippen molar-refractivity contribution in [3.63, 3.8) is 0 Å². The summed E-state index contributed by atoms with van der Waals surface area (Å²) in [6.45, 7) is 7.13. The Labute approximate surface area is 125 Å². The Morgan fingerprint density at radius 2 is 1.95 bits per heavy atom. The molecule has 0 aliphatic carbocycles. The first-order valence-corrected chi connectivity index (χ1v) is 7.36. The molecule has 1 aliphatic heterocycles. The van der Waals surface area contributed by atoms with Gasteiger partial charge in [0.25, 0.3) is 0 Å². The number of likely N-dealkylation sites (tertiary alicyclic amines) is 1. The van der Waals surface area contributed by atoms with Crippen LogP contribution in [0.2, 0.25) is 0 Å². The number of nitrogens with zero attached hydrogens (tertiary/aromatic N) is 1. The molecule has 7 nitrogen and oxygen atoms in total. The third-order valence-electron chi connectivity index (χ3n) is 3.64. The highest BCUT2D eigenvalue weighted by atomic mass is 16.4. The van der Waals surface area contributed by atoms with Crippen LogP contribution in [0.1, 0.15) is 33.6 Å². The van der Waals surface area contributed by atoms with Crippen LogP contribution in [0.15, 0.2) is 0 Å². The van der Waals surface area contributed by atoms with Gasteiger partial charge >= 0.3 is 12.0 Å². The van der Waals surface area contributed by atoms with E-state index in [1.54, 1.807) is 6.92 Å². The molecule has 2 unspecified atom stereocenters. The zero-order valence-electron chi connectivity index (χ0n) is 12.9. The summed E-state index contributed by atoms with van der Waals surface area (Å²) in [6, 6.07) is -1.02. The van der Waals surface area contributed by atoms with Gasteiger partial charge in [0.2, 0.25) is 5.91 Å². The van der Waals surface area contributed by atoms with E-state index in [4.69, 9.17) is 5.11 Å². The van der Waals surface area contributed by atoms with Crippen LogP contribution in [0.25, 0.3) is 0 Å². The maximum atomic E-state index is 12.0. The SMILES string of the molecule is CC(C)CNC(=O)NC(=O)C(C)N1CCCC(C(=O)O)C1. The number of carbonyl (C=O) groups is 3. The molecular weight excluding hydrogens is 274 g/mol. The number of rotatable bonds is 5. The molecule has 0 spiro atoms. The maximum absolute atomic E-state index is 12.0. The summed E-state index contributed by atoms with van der Waals surface area (Å²) in [6.07, 6.45) is 1.38. The number of carboxylic acid groups (broad SMARTS) is 1. The first kappa shape index (κ1) is 17.4. The third-order valence-corrected chi connectivity index (χ3v) is 3.64. The van der Waals surface area contributed by atoms with E-state index in [2.05, 4.69) is 10.6 Å². The molecule has 1 saturated heterocycles. The van der Waals surface area contributed by atoms with Gasteiger partial charge in [-0.1, -0.05) is 13.8 Å². The Kier molecular flexibility index (Phi) is 6.61. The number of piperidine rings is 1. The molecule has 0 saturated carbocycles. The van der Waals surface area contributed by atoms with Crippen molar-refractivity contribution in [2.24, 2.45) is 11.8 Å². The van der Waals surface area contributed by atoms with Crippen molar-refractivity contribution in [3.8, 4) is 0 Å². The Bertz CT molecular complexity index is 398. The first-order valence-electron chi connectivity index (χ1n) is 7.36. The van der Waals surface area contributed by atoms with E-state index >= 15 is 0 Å². The molecule has 1 heterocycles. The number of nitrogens with one attached hydrogen (secondary N) is 2. The minimum absolute atomic E-state index is 0.307. The molecule has 0 bridgehead atoms. The largest absolute Gasteiger partial charge is 0.481 e. The molecule has 3 N–H and O–H groups in total. The highest BCUT2D eigenvalue weighted by Gasteiger charge is 2.31. The van der Waals surface area contributed by atoms with Gasteiger partial charge in [-0.25, -0.2) is 4.79 Å². The Balaban J connectivity index is 2.46. The quantitative estimate of drug-likeness (QED) is 0.692. The number of imide groups is 1. The smallest absolute Gasteiger partial charge is 0.321 e. The van der Waals surface area contributed by atoms with Gasteiger partial charge in [0, 0.05) is 13.1 Å². The monoisotopic (exact) mass is 299 g/mol. The van der Waals surface area contributed by atoms with Crippen molar-refractivity contribution in [1.82, 2.24) is 15.5 Å². The van der Waals surface area contributed by atoms with E-state index < -0.39 is 29.9 Å². The average Bonchev–Trinajstić information content (AvgIpc) is 2.44. The van der Waals surface area contributed by atoms with E-state index in [1.807, 2.05) is 18.7 Å². The second-order valence-corrected chi connectivity index (χ2v) is 5.94. The molecule has 2 atom stereocenters. The molecule has 0 aromatic heterocycles. The van der Waals surface area contributed by atoms with E-state index in [-0.39, 0.29) is 0 Å². The fourth-order valence-corrected chi connectivity index (χ4v) is 2.28. The molecular formula is C14H25N3O4. The Morgan fingerprint density at radius 1 is 1.29 bits per heavy atom. The highest BCUT2D eigenvalue weighted by molar-refractivity contribution is 5.96. The summed E-state index contributed by atoms with van der Waals surface area (Å²) >= 11 is 0. The lowest BCUT2D eigenvalue weighted by Gasteiger charge is -2.34. The van der Waals surface area contributed by atoms with Gasteiger partial charge in [-0.2, -0.15) is 0 Å². The number of hydrogen-bond donors (Lipinski definition) is 3. The number of urea groups is 1. The lowest BCUT2D eigenvalue weighted by Crippen LogP contribution is -2.53. The average molecular weight is 299 g/mol. The number of carboxylic acids is 1. The molecule has 0 radical (unpaired) electrons. The molecule has 3 amide bonds. The van der Waals surface area contributed by atoms with Crippen LogP contribution in [-0.2, 0) is 9.59 Å². The molecule has 21 heavy (non-hydrogen) atoms. The Hall–Kier alpha value is -1.63. The summed E-state index contributed by atoms with van der Waals surface area (Å²) in [5.41, 5.74) is 0. The van der Waals surface area contributed by atoms with Crippen molar-refractivity contribution >= 4 is 17.9 Å². The molecule has 7 heteroatoms. The number of hydrogen-bond acceptors (Lipinski definition) is 4. The summed E-state index contributed by atoms with van der Waals surface area (Å²) < 4.78 is 0. The van der Waals surface area contributed by atoms with Crippen molar-refractivity contribution in [2.45, 2.75) is 39.7 Å². The molecule has 0 aromatic carbocycles. The van der Waals surface area contributed by atoms with Crippen LogP contribution in [0.4, 0.5) is 4.79 Å². The van der Waals surface area contributed by atoms with Crippen molar-refractivity contribution in [3.05, 3.63) is 0 Å². The summed E-state index contributed by atoms with van der Waals surface area (Å²) in [5, 5.41) is 14.0. The van der Waals surface area contributed by atoms with Gasteiger partial charge < -0.3 is 10.4 Å². The van der Waals surface area contributed by atoms with Crippen molar-refractivity contribution in [1.29, 1.82) is 0 Å². The minimum Gasteiger partial charge on any atom is -0.481 e. The summed E-state index contributed by atoms with van der Waals surface area (Å²) in [7, 11) is 0. The predicted molar refractivity (Wildman–Crippen MR) is 77.8 cm³/mol. The van der Waals surface area contributed by atoms with E-state index in [1.165, 1.54) is 0 Å². The second kappa shape index (κ2) is 7.97. The fourth-order valence-electron chi connectivity index (χ4n) is 2.28. The van der Waals surface area contributed by atoms with Gasteiger partial charge in [-0.3, -0.25) is 19.8 Å². The van der Waals surface area contributed by atoms with Gasteiger partial charge in [0.15, 0.2) is 0 Å². The standard InChI is InChI=1S/C14H25N3O4/c1-9(2)7-15-14(21)16-12(18)10(3)17-6-4-5-11(8-17)13(19)20/h9-11H,4-8H2,1-3H3,(H,19,20)(H2,15,16,18,21). The predicted octanol–water partition coefficient (Wildman–Crippen LogP) is 0.653. The molecule has 1 rings (SSSR count). The number of aliphatic carboxylic acids is 1. The van der Waals surface area contributed by atoms with Crippen LogP contribution in [0.5, 0.6) is 0 Å². The summed E-state index contributed by atoms with van der Waals surface area (Å²) in [5.74, 6) is -1.37. The minimum atomic E-state index is -0.831. The molecule has 1 aliphatic rings. The summed E-state index contributed by atoms with van der Waals surface area (Å²) in [4.78, 5) is 36.4. The molecule has 120 valence electrons. The van der Waals surface area contributed by atoms with E-state index in [9.17, 15) is 14.4 Å². The normalized spacial score (nSPS) is 20.9. The van der Waals surface area contributed by atoms with Gasteiger partial charge in [0.05, 0.1) is 12.0 Å². The number of amides is 3. The third kappa shape index (κ3) is 5.71. The lowest BCUT2D eigenvalue weighted by atomic mass is 9.97. The van der Waals surface area contributed by atoms with E-state index in [0.29, 0.717) is 32.0 Å². The van der Waals surface area contributed by atoms with Crippen LogP contribution in [-0.4, -0.2) is 53.6 Å². The zero-order chi connectivity index (χ0) is 16.0. The molecule has 0 aromatic rings. The second-order valence-electron chi connectivity index (χ2n) is 5.94. The Morgan fingerprint density at radius 3 is 2.52 bits per heavy atom. The van der Waals surface area contributed by atoms with Crippen LogP contribution in [0, 0.1) is 11.8 Å². The number of carbonyl (C=O) groups excluding carboxylic acids is 2. The fraction of sp³-hybridized carbons (Fsp3) is 0.786. The van der Waals surface area contributed by atoms with Gasteiger partial charge in [-0.15, -0.1) is 0 Å². The zero-order valence-corrected chi connectivity index (χ0v) is 12.9.